The predicted octanol–water partition coefficient (Wildman–Crippen LogP) is 3.60. The maximum atomic E-state index is 13.5. The standard InChI is InChI=1S/C11H6F5N3OS2/c1-2-21-11-19-18-10(22-11)17-9(20)3-4(12)6(14)8(16)7(15)5(3)13/h2H2,1H3,(H,17,18,20). The highest BCUT2D eigenvalue weighted by molar-refractivity contribution is 8.01. The number of carbonyl (C=O) groups excluding carboxylic acids is 1. The van der Waals surface area contributed by atoms with Crippen molar-refractivity contribution in [1.29, 1.82) is 0 Å². The largest absolute Gasteiger partial charge is 0.296 e. The Kier molecular flexibility index (Phi) is 4.96. The topological polar surface area (TPSA) is 54.9 Å². The van der Waals surface area contributed by atoms with Gasteiger partial charge in [-0.1, -0.05) is 30.0 Å². The summed E-state index contributed by atoms with van der Waals surface area (Å²) >= 11 is 2.21. The Bertz CT molecular complexity index is 708. The fourth-order valence-corrected chi connectivity index (χ4v) is 3.05. The molecule has 0 aliphatic heterocycles. The van der Waals surface area contributed by atoms with Crippen LogP contribution in [-0.2, 0) is 0 Å². The molecule has 0 unspecified atom stereocenters. The average Bonchev–Trinajstić information content (AvgIpc) is 2.91. The van der Waals surface area contributed by atoms with Gasteiger partial charge in [-0.2, -0.15) is 0 Å². The van der Waals surface area contributed by atoms with Crippen LogP contribution in [0.5, 0.6) is 0 Å². The molecule has 4 nitrogen and oxygen atoms in total. The van der Waals surface area contributed by atoms with E-state index in [1.807, 2.05) is 12.2 Å². The van der Waals surface area contributed by atoms with Gasteiger partial charge in [0.15, 0.2) is 27.6 Å². The van der Waals surface area contributed by atoms with Crippen molar-refractivity contribution in [3.63, 3.8) is 0 Å². The van der Waals surface area contributed by atoms with E-state index < -0.39 is 40.6 Å². The lowest BCUT2D eigenvalue weighted by Crippen LogP contribution is -2.19. The number of aromatic nitrogens is 2. The molecule has 0 radical (unpaired) electrons. The summed E-state index contributed by atoms with van der Waals surface area (Å²) in [5.74, 6) is -11.9. The van der Waals surface area contributed by atoms with E-state index in [2.05, 4.69) is 10.2 Å². The molecular weight excluding hydrogens is 349 g/mol. The summed E-state index contributed by atoms with van der Waals surface area (Å²) in [6, 6.07) is 0. The molecule has 0 aliphatic carbocycles. The van der Waals surface area contributed by atoms with E-state index in [-0.39, 0.29) is 5.13 Å². The second-order valence-electron chi connectivity index (χ2n) is 3.71. The number of carbonyl (C=O) groups is 1. The normalized spacial score (nSPS) is 10.8. The molecule has 118 valence electrons. The Balaban J connectivity index is 2.33. The molecule has 2 rings (SSSR count). The number of hydrogen-bond donors (Lipinski definition) is 1. The minimum absolute atomic E-state index is 0.120. The smallest absolute Gasteiger partial charge is 0.263 e. The van der Waals surface area contributed by atoms with Gasteiger partial charge >= 0.3 is 0 Å². The fraction of sp³-hybridized carbons (Fsp3) is 0.182. The van der Waals surface area contributed by atoms with Crippen LogP contribution in [0, 0.1) is 29.1 Å². The van der Waals surface area contributed by atoms with Gasteiger partial charge < -0.3 is 0 Å². The van der Waals surface area contributed by atoms with Gasteiger partial charge in [-0.05, 0) is 5.75 Å². The second kappa shape index (κ2) is 6.57. The molecule has 0 bridgehead atoms. The zero-order valence-corrected chi connectivity index (χ0v) is 12.3. The van der Waals surface area contributed by atoms with Gasteiger partial charge in [0.2, 0.25) is 10.9 Å². The number of anilines is 1. The molecule has 0 spiro atoms. The number of amides is 1. The zero-order chi connectivity index (χ0) is 16.4. The maximum Gasteiger partial charge on any atom is 0.263 e. The highest BCUT2D eigenvalue weighted by Crippen LogP contribution is 2.27. The van der Waals surface area contributed by atoms with Crippen molar-refractivity contribution in [3.05, 3.63) is 34.6 Å². The molecule has 1 aromatic heterocycles. The van der Waals surface area contributed by atoms with Gasteiger partial charge in [-0.3, -0.25) is 10.1 Å². The van der Waals surface area contributed by atoms with Gasteiger partial charge in [-0.15, -0.1) is 10.2 Å². The zero-order valence-electron chi connectivity index (χ0n) is 10.7. The third-order valence-corrected chi connectivity index (χ3v) is 4.19. The first-order chi connectivity index (χ1) is 10.4. The van der Waals surface area contributed by atoms with Crippen LogP contribution in [0.3, 0.4) is 0 Å². The van der Waals surface area contributed by atoms with Crippen LogP contribution < -0.4 is 5.32 Å². The third kappa shape index (κ3) is 3.04. The van der Waals surface area contributed by atoms with Crippen LogP contribution in [0.15, 0.2) is 4.34 Å². The van der Waals surface area contributed by atoms with Crippen LogP contribution in [0.1, 0.15) is 17.3 Å². The Hall–Kier alpha value is -1.75. The van der Waals surface area contributed by atoms with Crippen molar-refractivity contribution < 1.29 is 26.7 Å². The molecule has 1 N–H and O–H groups in total. The van der Waals surface area contributed by atoms with Crippen LogP contribution in [0.2, 0.25) is 0 Å². The second-order valence-corrected chi connectivity index (χ2v) is 6.19. The van der Waals surface area contributed by atoms with E-state index in [4.69, 9.17) is 0 Å². The van der Waals surface area contributed by atoms with E-state index in [9.17, 15) is 26.7 Å². The van der Waals surface area contributed by atoms with Crippen molar-refractivity contribution in [1.82, 2.24) is 10.2 Å². The minimum Gasteiger partial charge on any atom is -0.296 e. The third-order valence-electron chi connectivity index (χ3n) is 2.33. The SMILES string of the molecule is CCSc1nnc(NC(=O)c2c(F)c(F)c(F)c(F)c2F)s1. The number of hydrogen-bond acceptors (Lipinski definition) is 5. The van der Waals surface area contributed by atoms with E-state index in [0.29, 0.717) is 10.1 Å². The van der Waals surface area contributed by atoms with Crippen LogP contribution in [0.25, 0.3) is 0 Å². The monoisotopic (exact) mass is 355 g/mol. The van der Waals surface area contributed by atoms with Crippen molar-refractivity contribution in [2.24, 2.45) is 0 Å². The maximum absolute atomic E-state index is 13.5. The van der Waals surface area contributed by atoms with Crippen molar-refractivity contribution in [3.8, 4) is 0 Å². The number of nitrogens with zero attached hydrogens (tertiary/aromatic N) is 2. The van der Waals surface area contributed by atoms with Crippen LogP contribution in [-0.4, -0.2) is 21.9 Å². The summed E-state index contributed by atoms with van der Waals surface area (Å²) in [6.45, 7) is 1.85. The van der Waals surface area contributed by atoms with E-state index >= 15 is 0 Å². The summed E-state index contributed by atoms with van der Waals surface area (Å²) in [5.41, 5.74) is -1.57. The number of rotatable bonds is 4. The van der Waals surface area contributed by atoms with Crippen LogP contribution >= 0.6 is 23.1 Å². The van der Waals surface area contributed by atoms with E-state index in [1.165, 1.54) is 11.8 Å². The van der Waals surface area contributed by atoms with E-state index in [0.717, 1.165) is 11.3 Å². The van der Waals surface area contributed by atoms with Crippen molar-refractivity contribution >= 4 is 34.1 Å². The average molecular weight is 355 g/mol. The van der Waals surface area contributed by atoms with E-state index in [1.54, 1.807) is 0 Å². The fourth-order valence-electron chi connectivity index (χ4n) is 1.41. The first-order valence-electron chi connectivity index (χ1n) is 5.65. The van der Waals surface area contributed by atoms with Crippen molar-refractivity contribution in [2.75, 3.05) is 11.1 Å². The lowest BCUT2D eigenvalue weighted by molar-refractivity contribution is 0.101. The molecule has 0 aliphatic rings. The first-order valence-corrected chi connectivity index (χ1v) is 7.46. The Morgan fingerprint density at radius 2 is 1.59 bits per heavy atom. The molecule has 1 aromatic carbocycles. The Morgan fingerprint density at radius 3 is 2.14 bits per heavy atom. The molecule has 1 amide bonds. The lowest BCUT2D eigenvalue weighted by Gasteiger charge is -2.07. The Morgan fingerprint density at radius 1 is 1.05 bits per heavy atom. The van der Waals surface area contributed by atoms with Gasteiger partial charge in [0, 0.05) is 0 Å². The molecule has 0 saturated carbocycles. The summed E-state index contributed by atoms with van der Waals surface area (Å²) in [7, 11) is 0. The van der Waals surface area contributed by atoms with Crippen LogP contribution in [0.4, 0.5) is 27.1 Å². The summed E-state index contributed by atoms with van der Waals surface area (Å²) in [5, 5.41) is 9.03. The quantitative estimate of drug-likeness (QED) is 0.299. The summed E-state index contributed by atoms with van der Waals surface area (Å²) in [6.07, 6.45) is 0. The lowest BCUT2D eigenvalue weighted by atomic mass is 10.1. The molecule has 11 heteroatoms. The molecule has 0 saturated heterocycles. The van der Waals surface area contributed by atoms with Gasteiger partial charge in [0.05, 0.1) is 0 Å². The molecule has 0 atom stereocenters. The Labute approximate surface area is 128 Å². The highest BCUT2D eigenvalue weighted by atomic mass is 32.2. The predicted molar refractivity (Wildman–Crippen MR) is 70.5 cm³/mol. The summed E-state index contributed by atoms with van der Waals surface area (Å²) in [4.78, 5) is 11.7. The van der Waals surface area contributed by atoms with Gasteiger partial charge in [-0.25, -0.2) is 22.0 Å². The molecule has 1 heterocycles. The molecule has 22 heavy (non-hydrogen) atoms. The van der Waals surface area contributed by atoms with Crippen molar-refractivity contribution in [2.45, 2.75) is 11.3 Å². The first kappa shape index (κ1) is 16.6. The molecule has 2 aromatic rings. The number of halogens is 5. The highest BCUT2D eigenvalue weighted by Gasteiger charge is 2.30. The number of benzene rings is 1. The number of nitrogens with one attached hydrogen (secondary N) is 1. The van der Waals surface area contributed by atoms with Gasteiger partial charge in [0.1, 0.15) is 5.56 Å². The summed E-state index contributed by atoms with van der Waals surface area (Å²) < 4.78 is 66.4. The molecule has 0 fully saturated rings. The molecular formula is C11H6F5N3OS2. The minimum atomic E-state index is -2.33. The van der Waals surface area contributed by atoms with Gasteiger partial charge in [0.25, 0.3) is 5.91 Å². The number of thioether (sulfide) groups is 1.